The van der Waals surface area contributed by atoms with E-state index in [2.05, 4.69) is 22.0 Å². The van der Waals surface area contributed by atoms with Gasteiger partial charge in [0.05, 0.1) is 30.3 Å². The number of rotatable bonds is 4. The lowest BCUT2D eigenvalue weighted by atomic mass is 9.96. The zero-order chi connectivity index (χ0) is 22.0. The van der Waals surface area contributed by atoms with Gasteiger partial charge < -0.3 is 14.4 Å². The third kappa shape index (κ3) is 4.91. The van der Waals surface area contributed by atoms with Crippen LogP contribution in [0.15, 0.2) is 18.2 Å². The van der Waals surface area contributed by atoms with Crippen LogP contribution in [0.4, 0.5) is 0 Å². The summed E-state index contributed by atoms with van der Waals surface area (Å²) in [6.45, 7) is 7.96. The summed E-state index contributed by atoms with van der Waals surface area (Å²) in [6.07, 6.45) is 1.66. The molecule has 4 rings (SSSR count). The number of hydrogen-bond acceptors (Lipinski definition) is 7. The van der Waals surface area contributed by atoms with E-state index in [9.17, 15) is 9.59 Å². The highest BCUT2D eigenvalue weighted by Gasteiger charge is 2.27. The summed E-state index contributed by atoms with van der Waals surface area (Å²) < 4.78 is 10.8. The largest absolute Gasteiger partial charge is 0.491 e. The van der Waals surface area contributed by atoms with Gasteiger partial charge in [0.15, 0.2) is 0 Å². The number of carbonyl (C=O) groups excluding carboxylic acids is 2. The van der Waals surface area contributed by atoms with Crippen molar-refractivity contribution in [2.75, 3.05) is 33.4 Å². The van der Waals surface area contributed by atoms with Crippen LogP contribution < -0.4 is 4.74 Å². The summed E-state index contributed by atoms with van der Waals surface area (Å²) in [5.41, 5.74) is 3.02. The van der Waals surface area contributed by atoms with Gasteiger partial charge in [0.1, 0.15) is 17.2 Å². The standard InChI is InChI=1S/C23H29N3O4S/c1-15-21(31-16(2)24-15)22(27)26-10-11-30-20-5-4-17(12-19(20)14-26)13-25-8-6-18(7-9-25)23(28)29-3/h4-5,12,18H,6-11,13-14H2,1-3H3. The molecule has 0 N–H and O–H groups in total. The topological polar surface area (TPSA) is 72.0 Å². The SMILES string of the molecule is COC(=O)C1CCN(Cc2ccc3c(c2)CN(C(=O)c2sc(C)nc2C)CCO3)CC1. The fourth-order valence-electron chi connectivity index (χ4n) is 4.34. The van der Waals surface area contributed by atoms with E-state index in [0.717, 1.165) is 54.5 Å². The van der Waals surface area contributed by atoms with Gasteiger partial charge in [0.2, 0.25) is 0 Å². The lowest BCUT2D eigenvalue weighted by molar-refractivity contribution is -0.147. The molecule has 0 atom stereocenters. The Morgan fingerprint density at radius 3 is 2.68 bits per heavy atom. The molecular formula is C23H29N3O4S. The second-order valence-electron chi connectivity index (χ2n) is 8.24. The van der Waals surface area contributed by atoms with Gasteiger partial charge in [-0.3, -0.25) is 14.5 Å². The lowest BCUT2D eigenvalue weighted by Crippen LogP contribution is -2.36. The van der Waals surface area contributed by atoms with Gasteiger partial charge >= 0.3 is 5.97 Å². The van der Waals surface area contributed by atoms with E-state index in [1.165, 1.54) is 24.0 Å². The van der Waals surface area contributed by atoms with E-state index in [1.807, 2.05) is 24.8 Å². The van der Waals surface area contributed by atoms with Crippen molar-refractivity contribution in [3.8, 4) is 5.75 Å². The number of fused-ring (bicyclic) bond motifs is 1. The zero-order valence-electron chi connectivity index (χ0n) is 18.3. The Morgan fingerprint density at radius 2 is 2.00 bits per heavy atom. The van der Waals surface area contributed by atoms with Gasteiger partial charge in [0.25, 0.3) is 5.91 Å². The summed E-state index contributed by atoms with van der Waals surface area (Å²) in [7, 11) is 1.46. The molecule has 3 heterocycles. The van der Waals surface area contributed by atoms with E-state index < -0.39 is 0 Å². The van der Waals surface area contributed by atoms with Crippen LogP contribution in [0.3, 0.4) is 0 Å². The number of amides is 1. The molecule has 2 aliphatic heterocycles. The van der Waals surface area contributed by atoms with Gasteiger partial charge in [-0.25, -0.2) is 4.98 Å². The van der Waals surface area contributed by atoms with Crippen molar-refractivity contribution in [2.45, 2.75) is 39.8 Å². The third-order valence-electron chi connectivity index (χ3n) is 6.02. The fraction of sp³-hybridized carbons (Fsp3) is 0.522. The molecule has 0 radical (unpaired) electrons. The smallest absolute Gasteiger partial charge is 0.308 e. The summed E-state index contributed by atoms with van der Waals surface area (Å²) in [4.78, 5) is 34.2. The van der Waals surface area contributed by atoms with Gasteiger partial charge in [-0.1, -0.05) is 6.07 Å². The molecule has 1 saturated heterocycles. The molecule has 1 aromatic carbocycles. The molecule has 166 valence electrons. The molecule has 1 fully saturated rings. The molecule has 0 unspecified atom stereocenters. The Labute approximate surface area is 187 Å². The van der Waals surface area contributed by atoms with E-state index in [-0.39, 0.29) is 17.8 Å². The third-order valence-corrected chi connectivity index (χ3v) is 7.08. The quantitative estimate of drug-likeness (QED) is 0.676. The normalized spacial score (nSPS) is 17.6. The highest BCUT2D eigenvalue weighted by atomic mass is 32.1. The van der Waals surface area contributed by atoms with Crippen LogP contribution in [0.25, 0.3) is 0 Å². The van der Waals surface area contributed by atoms with Gasteiger partial charge in [0, 0.05) is 18.7 Å². The fourth-order valence-corrected chi connectivity index (χ4v) is 5.23. The van der Waals surface area contributed by atoms with Crippen LogP contribution in [0.1, 0.15) is 44.3 Å². The molecule has 8 heteroatoms. The number of methoxy groups -OCH3 is 1. The predicted molar refractivity (Wildman–Crippen MR) is 118 cm³/mol. The Kier molecular flexibility index (Phi) is 6.57. The van der Waals surface area contributed by atoms with Crippen molar-refractivity contribution in [3.63, 3.8) is 0 Å². The molecule has 0 aliphatic carbocycles. The summed E-state index contributed by atoms with van der Waals surface area (Å²) >= 11 is 1.45. The van der Waals surface area contributed by atoms with Crippen LogP contribution in [0, 0.1) is 19.8 Å². The Morgan fingerprint density at radius 1 is 1.23 bits per heavy atom. The van der Waals surface area contributed by atoms with Crippen molar-refractivity contribution in [1.82, 2.24) is 14.8 Å². The minimum Gasteiger partial charge on any atom is -0.491 e. The van der Waals surface area contributed by atoms with Crippen molar-refractivity contribution in [1.29, 1.82) is 0 Å². The number of aromatic nitrogens is 1. The number of carbonyl (C=O) groups is 2. The first-order chi connectivity index (χ1) is 14.9. The molecule has 0 spiro atoms. The van der Waals surface area contributed by atoms with E-state index in [0.29, 0.717) is 24.6 Å². The number of esters is 1. The Hall–Kier alpha value is -2.45. The minimum absolute atomic E-state index is 0.0140. The van der Waals surface area contributed by atoms with Crippen LogP contribution in [0.5, 0.6) is 5.75 Å². The van der Waals surface area contributed by atoms with Gasteiger partial charge in [-0.2, -0.15) is 0 Å². The molecule has 0 saturated carbocycles. The molecule has 7 nitrogen and oxygen atoms in total. The van der Waals surface area contributed by atoms with Crippen molar-refractivity contribution < 1.29 is 19.1 Å². The van der Waals surface area contributed by atoms with Gasteiger partial charge in [-0.15, -0.1) is 11.3 Å². The molecule has 1 amide bonds. The average Bonchev–Trinajstić information content (AvgIpc) is 2.97. The van der Waals surface area contributed by atoms with Crippen molar-refractivity contribution in [2.24, 2.45) is 5.92 Å². The van der Waals surface area contributed by atoms with E-state index >= 15 is 0 Å². The highest BCUT2D eigenvalue weighted by Crippen LogP contribution is 2.28. The molecule has 0 bridgehead atoms. The molecule has 2 aliphatic rings. The average molecular weight is 444 g/mol. The van der Waals surface area contributed by atoms with E-state index in [1.54, 1.807) is 0 Å². The van der Waals surface area contributed by atoms with Crippen LogP contribution in [-0.2, 0) is 22.6 Å². The Bertz CT molecular complexity index is 966. The number of hydrogen-bond donors (Lipinski definition) is 0. The van der Waals surface area contributed by atoms with Crippen molar-refractivity contribution in [3.05, 3.63) is 44.9 Å². The number of nitrogens with zero attached hydrogens (tertiary/aromatic N) is 3. The second kappa shape index (κ2) is 9.36. The summed E-state index contributed by atoms with van der Waals surface area (Å²) in [5.74, 6) is 0.786. The van der Waals surface area contributed by atoms with Crippen LogP contribution >= 0.6 is 11.3 Å². The molecule has 1 aromatic heterocycles. The predicted octanol–water partition coefficient (Wildman–Crippen LogP) is 3.18. The number of aryl methyl sites for hydroxylation is 2. The first-order valence-corrected chi connectivity index (χ1v) is 11.5. The number of thiazole rings is 1. The number of likely N-dealkylation sites (tertiary alicyclic amines) is 1. The summed E-state index contributed by atoms with van der Waals surface area (Å²) in [5, 5.41) is 0.908. The first kappa shape index (κ1) is 21.8. The number of piperidine rings is 1. The zero-order valence-corrected chi connectivity index (χ0v) is 19.2. The number of ether oxygens (including phenoxy) is 2. The first-order valence-electron chi connectivity index (χ1n) is 10.7. The maximum atomic E-state index is 13.1. The highest BCUT2D eigenvalue weighted by molar-refractivity contribution is 7.13. The van der Waals surface area contributed by atoms with Crippen molar-refractivity contribution >= 4 is 23.2 Å². The van der Waals surface area contributed by atoms with E-state index in [4.69, 9.17) is 9.47 Å². The van der Waals surface area contributed by atoms with Crippen LogP contribution in [0.2, 0.25) is 0 Å². The lowest BCUT2D eigenvalue weighted by Gasteiger charge is -2.30. The molecule has 2 aromatic rings. The minimum atomic E-state index is -0.0991. The molecular weight excluding hydrogens is 414 g/mol. The number of benzene rings is 1. The summed E-state index contributed by atoms with van der Waals surface area (Å²) in [6, 6.07) is 6.26. The maximum absolute atomic E-state index is 13.1. The maximum Gasteiger partial charge on any atom is 0.308 e. The van der Waals surface area contributed by atoms with Gasteiger partial charge in [-0.05, 0) is 57.5 Å². The van der Waals surface area contributed by atoms with Crippen LogP contribution in [-0.4, -0.2) is 60.0 Å². The monoisotopic (exact) mass is 443 g/mol. The molecule has 31 heavy (non-hydrogen) atoms. The second-order valence-corrected chi connectivity index (χ2v) is 9.44. The Balaban J connectivity index is 1.44.